The number of fused-ring (bicyclic) bond motifs is 1. The summed E-state index contributed by atoms with van der Waals surface area (Å²) in [5.41, 5.74) is 1.45. The molecule has 0 radical (unpaired) electrons. The SMILES string of the molecule is O=C(Nc1ccc(Cl)cc1)c1nc(C(=O)N2CCCCC2)n2ccccc12. The third-order valence-electron chi connectivity index (χ3n) is 4.70. The molecular weight excluding hydrogens is 364 g/mol. The fourth-order valence-corrected chi connectivity index (χ4v) is 3.44. The van der Waals surface area contributed by atoms with Crippen molar-refractivity contribution < 1.29 is 9.59 Å². The Labute approximate surface area is 161 Å². The van der Waals surface area contributed by atoms with E-state index in [1.807, 2.05) is 17.0 Å². The maximum Gasteiger partial charge on any atom is 0.290 e. The molecule has 0 atom stereocenters. The molecule has 27 heavy (non-hydrogen) atoms. The third kappa shape index (κ3) is 3.53. The molecule has 4 rings (SSSR count). The highest BCUT2D eigenvalue weighted by Crippen LogP contribution is 2.19. The number of nitrogens with zero attached hydrogens (tertiary/aromatic N) is 3. The van der Waals surface area contributed by atoms with E-state index >= 15 is 0 Å². The quantitative estimate of drug-likeness (QED) is 0.747. The van der Waals surface area contributed by atoms with Crippen molar-refractivity contribution in [3.63, 3.8) is 0 Å². The fourth-order valence-electron chi connectivity index (χ4n) is 3.32. The van der Waals surface area contributed by atoms with Crippen LogP contribution < -0.4 is 5.32 Å². The van der Waals surface area contributed by atoms with Gasteiger partial charge in [0.2, 0.25) is 5.82 Å². The van der Waals surface area contributed by atoms with Crippen molar-refractivity contribution in [2.24, 2.45) is 0 Å². The molecule has 2 aromatic heterocycles. The van der Waals surface area contributed by atoms with Crippen LogP contribution in [0.2, 0.25) is 5.02 Å². The van der Waals surface area contributed by atoms with Crippen LogP contribution in [0.4, 0.5) is 5.69 Å². The first kappa shape index (κ1) is 17.5. The number of hydrogen-bond donors (Lipinski definition) is 1. The maximum atomic E-state index is 12.9. The number of rotatable bonds is 3. The number of aromatic nitrogens is 2. The molecule has 6 nitrogen and oxygen atoms in total. The number of amides is 2. The smallest absolute Gasteiger partial charge is 0.290 e. The number of nitrogens with one attached hydrogen (secondary N) is 1. The van der Waals surface area contributed by atoms with Gasteiger partial charge in [0.05, 0.1) is 5.52 Å². The first-order valence-electron chi connectivity index (χ1n) is 8.97. The van der Waals surface area contributed by atoms with Crippen LogP contribution in [0.5, 0.6) is 0 Å². The van der Waals surface area contributed by atoms with Gasteiger partial charge in [-0.3, -0.25) is 14.0 Å². The van der Waals surface area contributed by atoms with E-state index in [1.165, 1.54) is 0 Å². The lowest BCUT2D eigenvalue weighted by molar-refractivity contribution is 0.0711. The van der Waals surface area contributed by atoms with Crippen molar-refractivity contribution in [2.45, 2.75) is 19.3 Å². The Bertz CT molecular complexity index is 991. The Kier molecular flexibility index (Phi) is 4.81. The van der Waals surface area contributed by atoms with Gasteiger partial charge in [-0.2, -0.15) is 0 Å². The predicted octanol–water partition coefficient (Wildman–Crippen LogP) is 3.87. The molecule has 1 fully saturated rings. The number of imidazole rings is 1. The number of pyridine rings is 1. The minimum Gasteiger partial charge on any atom is -0.336 e. The Morgan fingerprint density at radius 1 is 1.00 bits per heavy atom. The van der Waals surface area contributed by atoms with Crippen LogP contribution in [0.15, 0.2) is 48.7 Å². The van der Waals surface area contributed by atoms with Crippen LogP contribution >= 0.6 is 11.6 Å². The molecule has 0 unspecified atom stereocenters. The minimum atomic E-state index is -0.362. The van der Waals surface area contributed by atoms with Crippen molar-refractivity contribution in [2.75, 3.05) is 18.4 Å². The van der Waals surface area contributed by atoms with Gasteiger partial charge in [-0.15, -0.1) is 0 Å². The van der Waals surface area contributed by atoms with Gasteiger partial charge in [-0.1, -0.05) is 17.7 Å². The molecule has 1 aliphatic rings. The highest BCUT2D eigenvalue weighted by Gasteiger charge is 2.26. The Balaban J connectivity index is 1.67. The molecule has 0 saturated carbocycles. The van der Waals surface area contributed by atoms with Crippen molar-refractivity contribution in [1.82, 2.24) is 14.3 Å². The normalized spacial score (nSPS) is 14.3. The molecule has 0 bridgehead atoms. The zero-order valence-electron chi connectivity index (χ0n) is 14.7. The van der Waals surface area contributed by atoms with Crippen molar-refractivity contribution in [1.29, 1.82) is 0 Å². The van der Waals surface area contributed by atoms with E-state index in [2.05, 4.69) is 10.3 Å². The number of benzene rings is 1. The number of likely N-dealkylation sites (tertiary alicyclic amines) is 1. The Hall–Kier alpha value is -2.86. The first-order chi connectivity index (χ1) is 13.1. The highest BCUT2D eigenvalue weighted by molar-refractivity contribution is 6.30. The fraction of sp³-hybridized carbons (Fsp3) is 0.250. The number of halogens is 1. The summed E-state index contributed by atoms with van der Waals surface area (Å²) in [5, 5.41) is 3.40. The van der Waals surface area contributed by atoms with Crippen molar-refractivity contribution >= 4 is 34.6 Å². The van der Waals surface area contributed by atoms with E-state index in [1.54, 1.807) is 40.9 Å². The van der Waals surface area contributed by atoms with Crippen LogP contribution in [0.1, 0.15) is 40.4 Å². The van der Waals surface area contributed by atoms with Crippen LogP contribution in [0, 0.1) is 0 Å². The summed E-state index contributed by atoms with van der Waals surface area (Å²) in [6.07, 6.45) is 4.90. The molecule has 1 aliphatic heterocycles. The van der Waals surface area contributed by atoms with Gasteiger partial charge in [0.15, 0.2) is 5.69 Å². The zero-order chi connectivity index (χ0) is 18.8. The van der Waals surface area contributed by atoms with Gasteiger partial charge < -0.3 is 10.2 Å². The van der Waals surface area contributed by atoms with E-state index < -0.39 is 0 Å². The number of anilines is 1. The molecule has 3 aromatic rings. The molecule has 0 spiro atoms. The number of carbonyl (C=O) groups excluding carboxylic acids is 2. The molecule has 1 saturated heterocycles. The Morgan fingerprint density at radius 2 is 1.74 bits per heavy atom. The van der Waals surface area contributed by atoms with Crippen LogP contribution in [-0.4, -0.2) is 39.2 Å². The second kappa shape index (κ2) is 7.40. The molecule has 138 valence electrons. The van der Waals surface area contributed by atoms with Crippen LogP contribution in [-0.2, 0) is 0 Å². The summed E-state index contributed by atoms with van der Waals surface area (Å²) >= 11 is 5.88. The average molecular weight is 383 g/mol. The van der Waals surface area contributed by atoms with Crippen molar-refractivity contribution in [3.05, 3.63) is 65.2 Å². The van der Waals surface area contributed by atoms with Crippen LogP contribution in [0.25, 0.3) is 5.52 Å². The molecular formula is C20H19ClN4O2. The summed E-state index contributed by atoms with van der Waals surface area (Å²) in [4.78, 5) is 31.9. The van der Waals surface area contributed by atoms with Crippen LogP contribution in [0.3, 0.4) is 0 Å². The second-order valence-electron chi connectivity index (χ2n) is 6.55. The van der Waals surface area contributed by atoms with Gasteiger partial charge in [0.1, 0.15) is 0 Å². The lowest BCUT2D eigenvalue weighted by Gasteiger charge is -2.25. The lowest BCUT2D eigenvalue weighted by atomic mass is 10.1. The molecule has 2 amide bonds. The molecule has 1 N–H and O–H groups in total. The number of carbonyl (C=O) groups is 2. The van der Waals surface area contributed by atoms with Gasteiger partial charge >= 0.3 is 0 Å². The standard InChI is InChI=1S/C20H19ClN4O2/c21-14-7-9-15(10-8-14)22-19(26)17-16-6-2-5-13-25(16)18(23-17)20(27)24-11-3-1-4-12-24/h2,5-10,13H,1,3-4,11-12H2,(H,22,26). The van der Waals surface area contributed by atoms with Gasteiger partial charge in [-0.25, -0.2) is 4.98 Å². The van der Waals surface area contributed by atoms with E-state index in [0.29, 0.717) is 16.2 Å². The Morgan fingerprint density at radius 3 is 2.48 bits per heavy atom. The summed E-state index contributed by atoms with van der Waals surface area (Å²) in [6, 6.07) is 12.3. The topological polar surface area (TPSA) is 66.7 Å². The summed E-state index contributed by atoms with van der Waals surface area (Å²) in [5.74, 6) is -0.228. The van der Waals surface area contributed by atoms with Gasteiger partial charge in [0.25, 0.3) is 11.8 Å². The largest absolute Gasteiger partial charge is 0.336 e. The maximum absolute atomic E-state index is 12.9. The number of hydrogen-bond acceptors (Lipinski definition) is 3. The summed E-state index contributed by atoms with van der Waals surface area (Å²) < 4.78 is 1.69. The zero-order valence-corrected chi connectivity index (χ0v) is 15.4. The summed E-state index contributed by atoms with van der Waals surface area (Å²) in [7, 11) is 0. The third-order valence-corrected chi connectivity index (χ3v) is 4.95. The van der Waals surface area contributed by atoms with Gasteiger partial charge in [-0.05, 0) is 55.7 Å². The highest BCUT2D eigenvalue weighted by atomic mass is 35.5. The monoisotopic (exact) mass is 382 g/mol. The van der Waals surface area contributed by atoms with E-state index in [0.717, 1.165) is 32.4 Å². The van der Waals surface area contributed by atoms with Gasteiger partial charge in [0, 0.05) is 30.0 Å². The lowest BCUT2D eigenvalue weighted by Crippen LogP contribution is -2.36. The molecule has 3 heterocycles. The average Bonchev–Trinajstić information content (AvgIpc) is 3.10. The molecule has 7 heteroatoms. The van der Waals surface area contributed by atoms with E-state index in [4.69, 9.17) is 11.6 Å². The minimum absolute atomic E-state index is 0.138. The van der Waals surface area contributed by atoms with E-state index in [-0.39, 0.29) is 23.3 Å². The summed E-state index contributed by atoms with van der Waals surface area (Å²) in [6.45, 7) is 1.46. The molecule has 1 aromatic carbocycles. The predicted molar refractivity (Wildman–Crippen MR) is 104 cm³/mol. The van der Waals surface area contributed by atoms with E-state index in [9.17, 15) is 9.59 Å². The molecule has 0 aliphatic carbocycles. The second-order valence-corrected chi connectivity index (χ2v) is 6.99. The first-order valence-corrected chi connectivity index (χ1v) is 9.34. The number of piperidine rings is 1. The van der Waals surface area contributed by atoms with Crippen molar-refractivity contribution in [3.8, 4) is 0 Å².